The number of nitrogens with one attached hydrogen (secondary N) is 1. The first-order valence-corrected chi connectivity index (χ1v) is 5.99. The fourth-order valence-electron chi connectivity index (χ4n) is 1.28. The van der Waals surface area contributed by atoms with E-state index >= 15 is 0 Å². The molecular weight excluding hydrogens is 264 g/mol. The number of hydrogen-bond acceptors (Lipinski definition) is 4. The predicted octanol–water partition coefficient (Wildman–Crippen LogP) is 2.44. The van der Waals surface area contributed by atoms with Crippen molar-refractivity contribution in [1.29, 1.82) is 0 Å². The highest BCUT2D eigenvalue weighted by Gasteiger charge is 2.31. The van der Waals surface area contributed by atoms with Crippen LogP contribution in [0.5, 0.6) is 0 Å². The highest BCUT2D eigenvalue weighted by molar-refractivity contribution is 9.10. The van der Waals surface area contributed by atoms with Crippen molar-refractivity contribution >= 4 is 27.3 Å². The van der Waals surface area contributed by atoms with E-state index in [-0.39, 0.29) is 11.6 Å². The molecule has 0 aromatic carbocycles. The molecule has 1 heterocycles. The molecule has 3 N–H and O–H groups in total. The Balaban J connectivity index is 2.99. The van der Waals surface area contributed by atoms with Gasteiger partial charge in [-0.1, -0.05) is 0 Å². The second-order valence-corrected chi connectivity index (χ2v) is 5.18. The van der Waals surface area contributed by atoms with Gasteiger partial charge in [0.25, 0.3) is 0 Å². The normalized spacial score (nSPS) is 14.4. The molecule has 0 radical (unpaired) electrons. The lowest BCUT2D eigenvalue weighted by molar-refractivity contribution is -0.0112. The van der Waals surface area contributed by atoms with Gasteiger partial charge in [0.1, 0.15) is 0 Å². The summed E-state index contributed by atoms with van der Waals surface area (Å²) in [5.74, 6) is 5.55. The van der Waals surface area contributed by atoms with E-state index in [1.165, 1.54) is 0 Å². The molecule has 80 valence electrons. The van der Waals surface area contributed by atoms with E-state index in [0.29, 0.717) is 0 Å². The monoisotopic (exact) mass is 278 g/mol. The zero-order chi connectivity index (χ0) is 10.8. The molecule has 0 aliphatic rings. The molecule has 0 aliphatic heterocycles. The number of hydrogen-bond donors (Lipinski definition) is 2. The van der Waals surface area contributed by atoms with Crippen LogP contribution in [0, 0.1) is 0 Å². The Hall–Kier alpha value is 0.0600. The molecule has 1 rings (SSSR count). The minimum absolute atomic E-state index is 0.0203. The molecular formula is C9H15BrN2OS. The maximum absolute atomic E-state index is 5.55. The van der Waals surface area contributed by atoms with Crippen LogP contribution < -0.4 is 11.3 Å². The van der Waals surface area contributed by atoms with Gasteiger partial charge in [-0.05, 0) is 40.7 Å². The molecule has 5 heteroatoms. The van der Waals surface area contributed by atoms with Gasteiger partial charge in [0.2, 0.25) is 0 Å². The van der Waals surface area contributed by atoms with Crippen molar-refractivity contribution < 1.29 is 4.74 Å². The van der Waals surface area contributed by atoms with E-state index in [4.69, 9.17) is 10.6 Å². The summed E-state index contributed by atoms with van der Waals surface area (Å²) in [4.78, 5) is 0. The molecule has 0 aliphatic carbocycles. The molecule has 1 aromatic rings. The molecule has 1 unspecified atom stereocenters. The molecule has 0 bridgehead atoms. The first kappa shape index (κ1) is 12.1. The van der Waals surface area contributed by atoms with Crippen molar-refractivity contribution in [3.63, 3.8) is 0 Å². The molecule has 0 saturated carbocycles. The van der Waals surface area contributed by atoms with Gasteiger partial charge in [0.05, 0.1) is 11.6 Å². The largest absolute Gasteiger partial charge is 0.377 e. The standard InChI is InChI=1S/C9H15BrN2OS/c1-9(2,13-3)8(12-11)6-4-14-5-7(6)10/h4-5,8,12H,11H2,1-3H3. The third-order valence-corrected chi connectivity index (χ3v) is 4.09. The van der Waals surface area contributed by atoms with E-state index in [1.54, 1.807) is 18.4 Å². The minimum atomic E-state index is -0.335. The Morgan fingerprint density at radius 1 is 1.57 bits per heavy atom. The maximum Gasteiger partial charge on any atom is 0.0830 e. The molecule has 14 heavy (non-hydrogen) atoms. The zero-order valence-corrected chi connectivity index (χ0v) is 10.9. The number of halogens is 1. The lowest BCUT2D eigenvalue weighted by Crippen LogP contribution is -2.43. The van der Waals surface area contributed by atoms with Crippen LogP contribution in [0.25, 0.3) is 0 Å². The summed E-state index contributed by atoms with van der Waals surface area (Å²) < 4.78 is 6.48. The number of thiophene rings is 1. The predicted molar refractivity (Wildman–Crippen MR) is 63.2 cm³/mol. The molecule has 3 nitrogen and oxygen atoms in total. The Labute approximate surface area is 96.7 Å². The quantitative estimate of drug-likeness (QED) is 0.657. The van der Waals surface area contributed by atoms with Gasteiger partial charge in [-0.15, -0.1) is 0 Å². The topological polar surface area (TPSA) is 47.3 Å². The van der Waals surface area contributed by atoms with Crippen LogP contribution in [0.4, 0.5) is 0 Å². The summed E-state index contributed by atoms with van der Waals surface area (Å²) in [6.07, 6.45) is 0. The van der Waals surface area contributed by atoms with Crippen LogP contribution in [0.3, 0.4) is 0 Å². The number of rotatable bonds is 4. The molecule has 0 saturated heterocycles. The number of nitrogens with two attached hydrogens (primary N) is 1. The van der Waals surface area contributed by atoms with Crippen LogP contribution >= 0.6 is 27.3 Å². The first-order chi connectivity index (χ1) is 6.53. The number of ether oxygens (including phenoxy) is 1. The molecule has 0 amide bonds. The fourth-order valence-corrected chi connectivity index (χ4v) is 2.83. The highest BCUT2D eigenvalue weighted by Crippen LogP contribution is 2.34. The average Bonchev–Trinajstić information content (AvgIpc) is 2.53. The lowest BCUT2D eigenvalue weighted by Gasteiger charge is -2.32. The third-order valence-electron chi connectivity index (χ3n) is 2.34. The molecule has 0 spiro atoms. The van der Waals surface area contributed by atoms with E-state index in [9.17, 15) is 0 Å². The molecule has 1 aromatic heterocycles. The van der Waals surface area contributed by atoms with Gasteiger partial charge in [-0.3, -0.25) is 11.3 Å². The zero-order valence-electron chi connectivity index (χ0n) is 8.50. The average molecular weight is 279 g/mol. The molecule has 1 atom stereocenters. The number of hydrazine groups is 1. The van der Waals surface area contributed by atoms with E-state index in [1.807, 2.05) is 19.2 Å². The maximum atomic E-state index is 5.55. The summed E-state index contributed by atoms with van der Waals surface area (Å²) in [5.41, 5.74) is 3.58. The third kappa shape index (κ3) is 2.35. The van der Waals surface area contributed by atoms with Crippen molar-refractivity contribution in [1.82, 2.24) is 5.43 Å². The van der Waals surface area contributed by atoms with Crippen LogP contribution in [0.2, 0.25) is 0 Å². The van der Waals surface area contributed by atoms with Crippen molar-refractivity contribution in [3.05, 3.63) is 20.8 Å². The Kier molecular flexibility index (Phi) is 4.09. The van der Waals surface area contributed by atoms with Gasteiger partial charge >= 0.3 is 0 Å². The van der Waals surface area contributed by atoms with Crippen LogP contribution in [-0.2, 0) is 4.74 Å². The Bertz CT molecular complexity index is 301. The van der Waals surface area contributed by atoms with Gasteiger partial charge in [-0.25, -0.2) is 0 Å². The van der Waals surface area contributed by atoms with Crippen molar-refractivity contribution in [2.75, 3.05) is 7.11 Å². The number of methoxy groups -OCH3 is 1. The Morgan fingerprint density at radius 3 is 2.57 bits per heavy atom. The van der Waals surface area contributed by atoms with Gasteiger partial charge in [0.15, 0.2) is 0 Å². The smallest absolute Gasteiger partial charge is 0.0830 e. The van der Waals surface area contributed by atoms with Crippen molar-refractivity contribution in [2.45, 2.75) is 25.5 Å². The first-order valence-electron chi connectivity index (χ1n) is 4.25. The van der Waals surface area contributed by atoms with Crippen molar-refractivity contribution in [2.24, 2.45) is 5.84 Å². The van der Waals surface area contributed by atoms with Crippen LogP contribution in [0.15, 0.2) is 15.2 Å². The van der Waals surface area contributed by atoms with Gasteiger partial charge < -0.3 is 4.74 Å². The van der Waals surface area contributed by atoms with E-state index < -0.39 is 0 Å². The summed E-state index contributed by atoms with van der Waals surface area (Å²) in [5, 5.41) is 4.10. The second-order valence-electron chi connectivity index (χ2n) is 3.58. The van der Waals surface area contributed by atoms with Gasteiger partial charge in [-0.2, -0.15) is 11.3 Å². The molecule has 0 fully saturated rings. The van der Waals surface area contributed by atoms with E-state index in [2.05, 4.69) is 26.7 Å². The van der Waals surface area contributed by atoms with Gasteiger partial charge in [0, 0.05) is 17.0 Å². The van der Waals surface area contributed by atoms with E-state index in [0.717, 1.165) is 10.0 Å². The summed E-state index contributed by atoms with van der Waals surface area (Å²) in [7, 11) is 1.69. The Morgan fingerprint density at radius 2 is 2.21 bits per heavy atom. The lowest BCUT2D eigenvalue weighted by atomic mass is 9.94. The van der Waals surface area contributed by atoms with Crippen LogP contribution in [-0.4, -0.2) is 12.7 Å². The summed E-state index contributed by atoms with van der Waals surface area (Å²) in [6, 6.07) is -0.0203. The SMILES string of the molecule is COC(C)(C)C(NN)c1cscc1Br. The second kappa shape index (κ2) is 4.72. The summed E-state index contributed by atoms with van der Waals surface area (Å²) >= 11 is 5.13. The van der Waals surface area contributed by atoms with Crippen molar-refractivity contribution in [3.8, 4) is 0 Å². The highest BCUT2D eigenvalue weighted by atomic mass is 79.9. The minimum Gasteiger partial charge on any atom is -0.377 e. The van der Waals surface area contributed by atoms with Crippen LogP contribution in [0.1, 0.15) is 25.5 Å². The summed E-state index contributed by atoms with van der Waals surface area (Å²) in [6.45, 7) is 4.00. The fraction of sp³-hybridized carbons (Fsp3) is 0.556.